The Morgan fingerprint density at radius 3 is 2.09 bits per heavy atom. The van der Waals surface area contributed by atoms with Gasteiger partial charge in [-0.25, -0.2) is 8.42 Å². The Kier molecular flexibility index (Phi) is 5.38. The van der Waals surface area contributed by atoms with Gasteiger partial charge in [0, 0.05) is 10.5 Å². The molecule has 0 unspecified atom stereocenters. The van der Waals surface area contributed by atoms with E-state index in [2.05, 4.69) is 20.7 Å². The number of halogens is 1. The van der Waals surface area contributed by atoms with Crippen LogP contribution < -0.4 is 18.9 Å². The van der Waals surface area contributed by atoms with Crippen LogP contribution in [0.2, 0.25) is 0 Å². The van der Waals surface area contributed by atoms with E-state index in [9.17, 15) is 8.42 Å². The zero-order valence-electron chi connectivity index (χ0n) is 12.8. The first-order chi connectivity index (χ1) is 10.9. The summed E-state index contributed by atoms with van der Waals surface area (Å²) >= 11 is 3.26. The molecule has 0 amide bonds. The Bertz CT molecular complexity index is 808. The molecule has 0 fully saturated rings. The molecular weight excluding hydrogens is 386 g/mol. The number of sulfonamides is 1. The van der Waals surface area contributed by atoms with Gasteiger partial charge >= 0.3 is 0 Å². The predicted octanol–water partition coefficient (Wildman–Crippen LogP) is 3.28. The molecule has 0 bridgehead atoms. The maximum Gasteiger partial charge on any atom is 0.265 e. The number of nitrogens with one attached hydrogen (secondary N) is 1. The monoisotopic (exact) mass is 401 g/mol. The van der Waals surface area contributed by atoms with E-state index >= 15 is 0 Å². The van der Waals surface area contributed by atoms with Crippen LogP contribution in [0.1, 0.15) is 0 Å². The van der Waals surface area contributed by atoms with Gasteiger partial charge in [0.25, 0.3) is 10.0 Å². The summed E-state index contributed by atoms with van der Waals surface area (Å²) < 4.78 is 43.8. The molecule has 8 heteroatoms. The molecule has 0 spiro atoms. The average molecular weight is 402 g/mol. The number of anilines is 1. The Morgan fingerprint density at radius 2 is 1.48 bits per heavy atom. The number of hydrogen-bond donors (Lipinski definition) is 1. The molecule has 0 saturated heterocycles. The summed E-state index contributed by atoms with van der Waals surface area (Å²) in [5.41, 5.74) is 0.352. The minimum atomic E-state index is -3.82. The lowest BCUT2D eigenvalue weighted by atomic mass is 10.3. The Morgan fingerprint density at radius 1 is 0.870 bits per heavy atom. The van der Waals surface area contributed by atoms with Gasteiger partial charge in [-0.3, -0.25) is 4.72 Å². The quantitative estimate of drug-likeness (QED) is 0.803. The summed E-state index contributed by atoms with van der Waals surface area (Å²) in [4.78, 5) is 0.0316. The first kappa shape index (κ1) is 17.4. The van der Waals surface area contributed by atoms with Crippen molar-refractivity contribution in [1.29, 1.82) is 0 Å². The van der Waals surface area contributed by atoms with E-state index in [1.165, 1.54) is 27.4 Å². The van der Waals surface area contributed by atoms with Crippen molar-refractivity contribution >= 4 is 31.6 Å². The normalized spacial score (nSPS) is 11.0. The molecule has 0 aliphatic heterocycles. The van der Waals surface area contributed by atoms with Gasteiger partial charge in [-0.15, -0.1) is 0 Å². The van der Waals surface area contributed by atoms with Crippen molar-refractivity contribution in [1.82, 2.24) is 0 Å². The summed E-state index contributed by atoms with van der Waals surface area (Å²) in [5, 5.41) is 0. The maximum atomic E-state index is 12.6. The lowest BCUT2D eigenvalue weighted by Gasteiger charge is -2.13. The van der Waals surface area contributed by atoms with Crippen LogP contribution in [-0.2, 0) is 10.0 Å². The van der Waals surface area contributed by atoms with Crippen molar-refractivity contribution < 1.29 is 22.6 Å². The molecule has 6 nitrogen and oxygen atoms in total. The van der Waals surface area contributed by atoms with Gasteiger partial charge in [-0.2, -0.15) is 0 Å². The van der Waals surface area contributed by atoms with Crippen molar-refractivity contribution in [3.63, 3.8) is 0 Å². The van der Waals surface area contributed by atoms with Gasteiger partial charge in [0.15, 0.2) is 11.5 Å². The smallest absolute Gasteiger partial charge is 0.265 e. The van der Waals surface area contributed by atoms with Crippen LogP contribution in [0.4, 0.5) is 5.69 Å². The van der Waals surface area contributed by atoms with Crippen LogP contribution in [0.25, 0.3) is 0 Å². The average Bonchev–Trinajstić information content (AvgIpc) is 2.54. The fourth-order valence-electron chi connectivity index (χ4n) is 1.97. The van der Waals surface area contributed by atoms with Crippen LogP contribution in [0.15, 0.2) is 45.8 Å². The van der Waals surface area contributed by atoms with Crippen molar-refractivity contribution in [3.05, 3.63) is 40.9 Å². The van der Waals surface area contributed by atoms with Gasteiger partial charge in [-0.05, 0) is 30.3 Å². The molecule has 0 radical (unpaired) electrons. The Balaban J connectivity index is 2.41. The van der Waals surface area contributed by atoms with Crippen molar-refractivity contribution in [3.8, 4) is 17.2 Å². The molecule has 0 heterocycles. The minimum Gasteiger partial charge on any atom is -0.495 e. The molecule has 2 rings (SSSR count). The lowest BCUT2D eigenvalue weighted by molar-refractivity contribution is 0.355. The zero-order valence-corrected chi connectivity index (χ0v) is 15.2. The van der Waals surface area contributed by atoms with Crippen LogP contribution in [0.5, 0.6) is 17.2 Å². The summed E-state index contributed by atoms with van der Waals surface area (Å²) in [5.74, 6) is 1.19. The van der Waals surface area contributed by atoms with Crippen molar-refractivity contribution in [2.45, 2.75) is 4.90 Å². The largest absolute Gasteiger partial charge is 0.495 e. The molecule has 2 aromatic carbocycles. The van der Waals surface area contributed by atoms with Gasteiger partial charge in [0.05, 0.1) is 27.0 Å². The fraction of sp³-hybridized carbons (Fsp3) is 0.200. The van der Waals surface area contributed by atoms with E-state index < -0.39 is 10.0 Å². The number of benzene rings is 2. The first-order valence-electron chi connectivity index (χ1n) is 6.49. The van der Waals surface area contributed by atoms with Crippen LogP contribution in [0, 0.1) is 0 Å². The third-order valence-electron chi connectivity index (χ3n) is 3.05. The molecule has 23 heavy (non-hydrogen) atoms. The van der Waals surface area contributed by atoms with Crippen molar-refractivity contribution in [2.24, 2.45) is 0 Å². The van der Waals surface area contributed by atoms with E-state index in [4.69, 9.17) is 14.2 Å². The van der Waals surface area contributed by atoms with E-state index in [-0.39, 0.29) is 10.6 Å². The van der Waals surface area contributed by atoms with Gasteiger partial charge in [0.1, 0.15) is 10.6 Å². The number of rotatable bonds is 6. The topological polar surface area (TPSA) is 73.9 Å². The minimum absolute atomic E-state index is 0.0316. The van der Waals surface area contributed by atoms with Crippen LogP contribution >= 0.6 is 15.9 Å². The highest BCUT2D eigenvalue weighted by Gasteiger charge is 2.20. The second-order valence-electron chi connectivity index (χ2n) is 4.47. The zero-order chi connectivity index (χ0) is 17.0. The van der Waals surface area contributed by atoms with Gasteiger partial charge in [-0.1, -0.05) is 15.9 Å². The van der Waals surface area contributed by atoms with Crippen molar-refractivity contribution in [2.75, 3.05) is 26.1 Å². The molecule has 0 aliphatic rings. The number of hydrogen-bond acceptors (Lipinski definition) is 5. The third-order valence-corrected chi connectivity index (χ3v) is 4.95. The second kappa shape index (κ2) is 7.10. The molecule has 1 N–H and O–H groups in total. The summed E-state index contributed by atoms with van der Waals surface area (Å²) in [7, 11) is 0.578. The molecule has 124 valence electrons. The van der Waals surface area contributed by atoms with E-state index in [0.717, 1.165) is 0 Å². The molecule has 0 aromatic heterocycles. The van der Waals surface area contributed by atoms with Gasteiger partial charge in [0.2, 0.25) is 0 Å². The SMILES string of the molecule is COc1ccc(NS(=O)(=O)c2cc(Br)ccc2OC)cc1OC. The Labute approximate surface area is 143 Å². The van der Waals surface area contributed by atoms with Gasteiger partial charge < -0.3 is 14.2 Å². The lowest BCUT2D eigenvalue weighted by Crippen LogP contribution is -2.14. The standard InChI is InChI=1S/C15H16BrNO5S/c1-20-12-7-5-11(9-14(12)22-3)17-23(18,19)15-8-10(16)4-6-13(15)21-2/h4-9,17H,1-3H3. The second-order valence-corrected chi connectivity index (χ2v) is 7.04. The number of ether oxygens (including phenoxy) is 3. The fourth-order valence-corrected chi connectivity index (χ4v) is 3.73. The van der Waals surface area contributed by atoms with E-state index in [0.29, 0.717) is 21.7 Å². The molecule has 2 aromatic rings. The third kappa shape index (κ3) is 3.89. The number of methoxy groups -OCH3 is 3. The summed E-state index contributed by atoms with van der Waals surface area (Å²) in [6.45, 7) is 0. The van der Waals surface area contributed by atoms with Crippen LogP contribution in [0.3, 0.4) is 0 Å². The van der Waals surface area contributed by atoms with E-state index in [1.807, 2.05) is 0 Å². The maximum absolute atomic E-state index is 12.6. The molecule has 0 atom stereocenters. The van der Waals surface area contributed by atoms with E-state index in [1.54, 1.807) is 30.3 Å². The molecule has 0 aliphatic carbocycles. The highest BCUT2D eigenvalue weighted by atomic mass is 79.9. The molecule has 0 saturated carbocycles. The highest BCUT2D eigenvalue weighted by Crippen LogP contribution is 2.32. The molecular formula is C15H16BrNO5S. The summed E-state index contributed by atoms with van der Waals surface area (Å²) in [6, 6.07) is 9.50. The first-order valence-corrected chi connectivity index (χ1v) is 8.77. The predicted molar refractivity (Wildman–Crippen MR) is 91.0 cm³/mol. The summed E-state index contributed by atoms with van der Waals surface area (Å²) in [6.07, 6.45) is 0. The Hall–Kier alpha value is -1.93. The highest BCUT2D eigenvalue weighted by molar-refractivity contribution is 9.10. The van der Waals surface area contributed by atoms with Crippen LogP contribution in [-0.4, -0.2) is 29.7 Å².